The zero-order chi connectivity index (χ0) is 20.6. The Labute approximate surface area is 182 Å². The van der Waals surface area contributed by atoms with Crippen LogP contribution in [0.15, 0.2) is 29.3 Å². The van der Waals surface area contributed by atoms with E-state index in [2.05, 4.69) is 51.2 Å². The van der Waals surface area contributed by atoms with Crippen LogP contribution in [0.4, 0.5) is 0 Å². The molecule has 0 amide bonds. The Hall–Kier alpha value is -1.63. The van der Waals surface area contributed by atoms with Gasteiger partial charge in [-0.05, 0) is 50.4 Å². The van der Waals surface area contributed by atoms with E-state index in [4.69, 9.17) is 9.73 Å². The maximum atomic E-state index is 5.52. The second-order valence-corrected chi connectivity index (χ2v) is 8.86. The number of morpholine rings is 1. The normalized spacial score (nSPS) is 24.4. The Kier molecular flexibility index (Phi) is 8.01. The van der Waals surface area contributed by atoms with Crippen molar-refractivity contribution >= 4 is 5.96 Å². The number of guanidine groups is 1. The van der Waals surface area contributed by atoms with E-state index in [0.717, 1.165) is 65.0 Å². The number of aliphatic imine (C=N–C) groups is 1. The molecule has 0 aliphatic carbocycles. The van der Waals surface area contributed by atoms with E-state index in [9.17, 15) is 0 Å². The second-order valence-electron chi connectivity index (χ2n) is 8.86. The highest BCUT2D eigenvalue weighted by atomic mass is 16.5. The first-order valence-corrected chi connectivity index (χ1v) is 12.0. The number of nitrogens with zero attached hydrogens (tertiary/aromatic N) is 4. The fourth-order valence-corrected chi connectivity index (χ4v) is 4.89. The first kappa shape index (κ1) is 21.6. The Balaban J connectivity index is 1.31. The molecule has 1 aromatic rings. The van der Waals surface area contributed by atoms with Crippen LogP contribution in [0.2, 0.25) is 0 Å². The molecule has 0 aromatic heterocycles. The number of likely N-dealkylation sites (tertiary alicyclic amines) is 2. The Morgan fingerprint density at radius 3 is 2.47 bits per heavy atom. The predicted octanol–water partition coefficient (Wildman–Crippen LogP) is 2.54. The highest BCUT2D eigenvalue weighted by molar-refractivity contribution is 5.80. The molecular formula is C24H39N5O. The van der Waals surface area contributed by atoms with Crippen molar-refractivity contribution < 1.29 is 4.74 Å². The maximum Gasteiger partial charge on any atom is 0.194 e. The Morgan fingerprint density at radius 2 is 1.73 bits per heavy atom. The number of benzene rings is 1. The predicted molar refractivity (Wildman–Crippen MR) is 123 cm³/mol. The molecule has 1 atom stereocenters. The summed E-state index contributed by atoms with van der Waals surface area (Å²) in [4.78, 5) is 12.6. The summed E-state index contributed by atoms with van der Waals surface area (Å²) in [6.07, 6.45) is 5.31. The molecule has 1 aromatic carbocycles. The number of nitrogens with one attached hydrogen (secondary N) is 1. The van der Waals surface area contributed by atoms with E-state index in [-0.39, 0.29) is 0 Å². The van der Waals surface area contributed by atoms with E-state index in [1.807, 2.05) is 0 Å². The van der Waals surface area contributed by atoms with Crippen LogP contribution in [-0.2, 0) is 17.8 Å². The summed E-state index contributed by atoms with van der Waals surface area (Å²) >= 11 is 0. The Bertz CT molecular complexity index is 665. The molecule has 0 bridgehead atoms. The summed E-state index contributed by atoms with van der Waals surface area (Å²) in [6.45, 7) is 13.4. The molecule has 4 rings (SSSR count). The number of ether oxygens (including phenoxy) is 1. The molecule has 0 radical (unpaired) electrons. The molecule has 3 fully saturated rings. The summed E-state index contributed by atoms with van der Waals surface area (Å²) in [5, 5.41) is 3.51. The van der Waals surface area contributed by atoms with Crippen LogP contribution in [0, 0.1) is 0 Å². The second kappa shape index (κ2) is 11.1. The van der Waals surface area contributed by atoms with Crippen LogP contribution >= 0.6 is 0 Å². The smallest absolute Gasteiger partial charge is 0.194 e. The van der Waals surface area contributed by atoms with Crippen molar-refractivity contribution in [1.82, 2.24) is 20.0 Å². The number of hydrogen-bond acceptors (Lipinski definition) is 4. The van der Waals surface area contributed by atoms with Crippen LogP contribution in [0.25, 0.3) is 0 Å². The van der Waals surface area contributed by atoms with Crippen LogP contribution in [-0.4, -0.2) is 85.7 Å². The van der Waals surface area contributed by atoms with E-state index < -0.39 is 0 Å². The molecule has 3 aliphatic heterocycles. The molecular weight excluding hydrogens is 374 g/mol. The maximum absolute atomic E-state index is 5.52. The first-order valence-electron chi connectivity index (χ1n) is 12.0. The van der Waals surface area contributed by atoms with Gasteiger partial charge in [0.05, 0.1) is 19.8 Å². The van der Waals surface area contributed by atoms with Gasteiger partial charge in [-0.2, -0.15) is 0 Å². The first-order chi connectivity index (χ1) is 14.8. The summed E-state index contributed by atoms with van der Waals surface area (Å²) in [5.41, 5.74) is 2.71. The molecule has 1 N–H and O–H groups in total. The molecule has 0 saturated carbocycles. The lowest BCUT2D eigenvalue weighted by molar-refractivity contribution is 0.0195. The van der Waals surface area contributed by atoms with Gasteiger partial charge in [-0.15, -0.1) is 0 Å². The van der Waals surface area contributed by atoms with E-state index in [1.165, 1.54) is 49.9 Å². The molecule has 30 heavy (non-hydrogen) atoms. The SMILES string of the molecule is CCNC(=NCc1ccc(CN2CCCCC2)cc1)N1CCC(N2CCOCC2)C1. The molecule has 6 nitrogen and oxygen atoms in total. The van der Waals surface area contributed by atoms with Crippen LogP contribution in [0.3, 0.4) is 0 Å². The third kappa shape index (κ3) is 5.96. The summed E-state index contributed by atoms with van der Waals surface area (Å²) in [6, 6.07) is 9.72. The fourth-order valence-electron chi connectivity index (χ4n) is 4.89. The van der Waals surface area contributed by atoms with Gasteiger partial charge in [-0.3, -0.25) is 9.80 Å². The zero-order valence-corrected chi connectivity index (χ0v) is 18.7. The largest absolute Gasteiger partial charge is 0.379 e. The van der Waals surface area contributed by atoms with Crippen LogP contribution in [0.5, 0.6) is 0 Å². The molecule has 166 valence electrons. The van der Waals surface area contributed by atoms with E-state index in [1.54, 1.807) is 0 Å². The quantitative estimate of drug-likeness (QED) is 0.574. The average Bonchev–Trinajstić information content (AvgIpc) is 3.29. The minimum absolute atomic E-state index is 0.631. The minimum Gasteiger partial charge on any atom is -0.379 e. The van der Waals surface area contributed by atoms with Gasteiger partial charge < -0.3 is 15.0 Å². The lowest BCUT2D eigenvalue weighted by Gasteiger charge is -2.32. The van der Waals surface area contributed by atoms with Crippen molar-refractivity contribution in [3.05, 3.63) is 35.4 Å². The Morgan fingerprint density at radius 1 is 1.00 bits per heavy atom. The van der Waals surface area contributed by atoms with Gasteiger partial charge in [-0.1, -0.05) is 30.7 Å². The summed E-state index contributed by atoms with van der Waals surface area (Å²) < 4.78 is 5.52. The van der Waals surface area contributed by atoms with Crippen molar-refractivity contribution in [2.45, 2.75) is 51.7 Å². The molecule has 0 spiro atoms. The molecule has 3 saturated heterocycles. The third-order valence-corrected chi connectivity index (χ3v) is 6.65. The molecule has 1 unspecified atom stereocenters. The van der Waals surface area contributed by atoms with Gasteiger partial charge in [-0.25, -0.2) is 4.99 Å². The highest BCUT2D eigenvalue weighted by Crippen LogP contribution is 2.18. The van der Waals surface area contributed by atoms with Gasteiger partial charge in [0.2, 0.25) is 0 Å². The van der Waals surface area contributed by atoms with Crippen LogP contribution < -0.4 is 5.32 Å². The van der Waals surface area contributed by atoms with Gasteiger partial charge >= 0.3 is 0 Å². The summed E-state index contributed by atoms with van der Waals surface area (Å²) in [5.74, 6) is 1.06. The van der Waals surface area contributed by atoms with Crippen molar-refractivity contribution in [1.29, 1.82) is 0 Å². The zero-order valence-electron chi connectivity index (χ0n) is 18.7. The van der Waals surface area contributed by atoms with Crippen LogP contribution in [0.1, 0.15) is 43.7 Å². The number of hydrogen-bond donors (Lipinski definition) is 1. The molecule has 6 heteroatoms. The molecule has 3 aliphatic rings. The standard InChI is InChI=1S/C24H39N5O/c1-2-25-24(29-13-10-23(20-29)28-14-16-30-17-15-28)26-18-21-6-8-22(9-7-21)19-27-11-4-3-5-12-27/h6-9,23H,2-5,10-20H2,1H3,(H,25,26). The van der Waals surface area contributed by atoms with Gasteiger partial charge in [0.15, 0.2) is 5.96 Å². The lowest BCUT2D eigenvalue weighted by Crippen LogP contribution is -2.46. The highest BCUT2D eigenvalue weighted by Gasteiger charge is 2.30. The number of piperidine rings is 1. The van der Waals surface area contributed by atoms with Crippen molar-refractivity contribution in [3.8, 4) is 0 Å². The molecule has 3 heterocycles. The monoisotopic (exact) mass is 413 g/mol. The van der Waals surface area contributed by atoms with Gasteiger partial charge in [0, 0.05) is 45.3 Å². The minimum atomic E-state index is 0.631. The average molecular weight is 414 g/mol. The number of rotatable bonds is 6. The van der Waals surface area contributed by atoms with E-state index in [0.29, 0.717) is 6.04 Å². The van der Waals surface area contributed by atoms with Gasteiger partial charge in [0.25, 0.3) is 0 Å². The van der Waals surface area contributed by atoms with Gasteiger partial charge in [0.1, 0.15) is 0 Å². The van der Waals surface area contributed by atoms with Crippen molar-refractivity contribution in [3.63, 3.8) is 0 Å². The fraction of sp³-hybridized carbons (Fsp3) is 0.708. The van der Waals surface area contributed by atoms with Crippen molar-refractivity contribution in [2.24, 2.45) is 4.99 Å². The van der Waals surface area contributed by atoms with Crippen molar-refractivity contribution in [2.75, 3.05) is 59.0 Å². The third-order valence-electron chi connectivity index (χ3n) is 6.65. The topological polar surface area (TPSA) is 43.3 Å². The lowest BCUT2D eigenvalue weighted by atomic mass is 10.1. The summed E-state index contributed by atoms with van der Waals surface area (Å²) in [7, 11) is 0. The van der Waals surface area contributed by atoms with E-state index >= 15 is 0 Å².